The fourth-order valence-electron chi connectivity index (χ4n) is 1.29. The van der Waals surface area contributed by atoms with E-state index in [2.05, 4.69) is 17.9 Å². The first kappa shape index (κ1) is 12.4. The van der Waals surface area contributed by atoms with Crippen molar-refractivity contribution in [3.05, 3.63) is 0 Å². The smallest absolute Gasteiger partial charge is 0.0638 e. The Morgan fingerprint density at radius 1 is 1.54 bits per heavy atom. The summed E-state index contributed by atoms with van der Waals surface area (Å²) in [5.74, 6) is 0. The lowest BCUT2D eigenvalue weighted by atomic mass is 10.1. The molecule has 0 saturated heterocycles. The van der Waals surface area contributed by atoms with Gasteiger partial charge in [-0.2, -0.15) is 5.26 Å². The molecule has 3 heteroatoms. The number of hydrogen-bond acceptors (Lipinski definition) is 3. The van der Waals surface area contributed by atoms with Crippen LogP contribution in [-0.4, -0.2) is 35.7 Å². The molecule has 0 aromatic rings. The van der Waals surface area contributed by atoms with Crippen LogP contribution in [0.5, 0.6) is 0 Å². The van der Waals surface area contributed by atoms with E-state index in [-0.39, 0.29) is 6.10 Å². The van der Waals surface area contributed by atoms with E-state index in [1.54, 1.807) is 6.92 Å². The first-order valence-corrected chi connectivity index (χ1v) is 4.87. The van der Waals surface area contributed by atoms with Crippen LogP contribution >= 0.6 is 0 Å². The average molecular weight is 184 g/mol. The second-order valence-corrected chi connectivity index (χ2v) is 3.54. The van der Waals surface area contributed by atoms with Crippen LogP contribution in [0, 0.1) is 11.3 Å². The van der Waals surface area contributed by atoms with Gasteiger partial charge in [0.1, 0.15) is 0 Å². The Hall–Kier alpha value is -0.590. The number of rotatable bonds is 6. The lowest BCUT2D eigenvalue weighted by Crippen LogP contribution is -2.32. The fraction of sp³-hybridized carbons (Fsp3) is 0.900. The van der Waals surface area contributed by atoms with E-state index in [9.17, 15) is 0 Å². The van der Waals surface area contributed by atoms with Crippen molar-refractivity contribution in [1.82, 2.24) is 4.90 Å². The van der Waals surface area contributed by atoms with Crippen LogP contribution in [-0.2, 0) is 0 Å². The van der Waals surface area contributed by atoms with E-state index in [0.29, 0.717) is 12.5 Å². The van der Waals surface area contributed by atoms with E-state index in [1.807, 2.05) is 7.05 Å². The van der Waals surface area contributed by atoms with Crippen LogP contribution in [0.1, 0.15) is 33.1 Å². The Labute approximate surface area is 81.0 Å². The highest BCUT2D eigenvalue weighted by Crippen LogP contribution is 2.06. The second kappa shape index (κ2) is 6.88. The first-order valence-electron chi connectivity index (χ1n) is 4.87. The maximum Gasteiger partial charge on any atom is 0.0638 e. The molecule has 0 aromatic heterocycles. The van der Waals surface area contributed by atoms with Crippen molar-refractivity contribution in [2.75, 3.05) is 13.6 Å². The zero-order valence-electron chi connectivity index (χ0n) is 8.82. The van der Waals surface area contributed by atoms with Gasteiger partial charge < -0.3 is 10.0 Å². The van der Waals surface area contributed by atoms with Gasteiger partial charge in [0.05, 0.1) is 18.6 Å². The third-order valence-electron chi connectivity index (χ3n) is 2.32. The molecule has 0 heterocycles. The third-order valence-corrected chi connectivity index (χ3v) is 2.32. The molecule has 2 unspecified atom stereocenters. The summed E-state index contributed by atoms with van der Waals surface area (Å²) in [6.45, 7) is 4.73. The summed E-state index contributed by atoms with van der Waals surface area (Å²) in [6, 6.07) is 2.52. The zero-order chi connectivity index (χ0) is 10.3. The molecule has 0 radical (unpaired) electrons. The average Bonchev–Trinajstić information content (AvgIpc) is 2.10. The largest absolute Gasteiger partial charge is 0.393 e. The van der Waals surface area contributed by atoms with Crippen LogP contribution in [0.2, 0.25) is 0 Å². The Bertz CT molecular complexity index is 163. The van der Waals surface area contributed by atoms with Gasteiger partial charge in [0.25, 0.3) is 0 Å². The van der Waals surface area contributed by atoms with Crippen LogP contribution < -0.4 is 0 Å². The molecule has 1 N–H and O–H groups in total. The zero-order valence-corrected chi connectivity index (χ0v) is 8.82. The molecule has 0 aliphatic heterocycles. The molecule has 13 heavy (non-hydrogen) atoms. The van der Waals surface area contributed by atoms with Gasteiger partial charge in [0, 0.05) is 12.6 Å². The standard InChI is InChI=1S/C10H20N2O/c1-4-10(5-7-11)12(3)8-6-9(2)13/h9-10,13H,4-6,8H2,1-3H3. The molecular weight excluding hydrogens is 164 g/mol. The summed E-state index contributed by atoms with van der Waals surface area (Å²) in [5, 5.41) is 17.7. The molecule has 0 amide bonds. The highest BCUT2D eigenvalue weighted by molar-refractivity contribution is 4.80. The summed E-state index contributed by atoms with van der Waals surface area (Å²) < 4.78 is 0. The van der Waals surface area contributed by atoms with Crippen molar-refractivity contribution in [1.29, 1.82) is 5.26 Å². The van der Waals surface area contributed by atoms with Crippen LogP contribution in [0.15, 0.2) is 0 Å². The monoisotopic (exact) mass is 184 g/mol. The molecule has 0 aliphatic carbocycles. The summed E-state index contributed by atoms with van der Waals surface area (Å²) in [5.41, 5.74) is 0. The van der Waals surface area contributed by atoms with Crippen LogP contribution in [0.4, 0.5) is 0 Å². The summed E-state index contributed by atoms with van der Waals surface area (Å²) in [6.07, 6.45) is 2.09. The molecule has 0 aromatic carbocycles. The summed E-state index contributed by atoms with van der Waals surface area (Å²) >= 11 is 0. The number of nitrogens with zero attached hydrogens (tertiary/aromatic N) is 2. The maximum absolute atomic E-state index is 9.09. The molecule has 0 fully saturated rings. The van der Waals surface area contributed by atoms with Crippen molar-refractivity contribution in [2.45, 2.75) is 45.3 Å². The molecule has 0 saturated carbocycles. The molecular formula is C10H20N2O. The van der Waals surface area contributed by atoms with Crippen LogP contribution in [0.3, 0.4) is 0 Å². The van der Waals surface area contributed by atoms with Crippen molar-refractivity contribution in [2.24, 2.45) is 0 Å². The normalized spacial score (nSPS) is 15.4. The number of aliphatic hydroxyl groups excluding tert-OH is 1. The lowest BCUT2D eigenvalue weighted by molar-refractivity contribution is 0.148. The highest BCUT2D eigenvalue weighted by Gasteiger charge is 2.12. The van der Waals surface area contributed by atoms with Gasteiger partial charge in [0.2, 0.25) is 0 Å². The highest BCUT2D eigenvalue weighted by atomic mass is 16.3. The molecule has 0 rings (SSSR count). The van der Waals surface area contributed by atoms with Gasteiger partial charge in [-0.05, 0) is 26.8 Å². The topological polar surface area (TPSA) is 47.3 Å². The molecule has 0 aliphatic rings. The first-order chi connectivity index (χ1) is 6.11. The molecule has 0 bridgehead atoms. The van der Waals surface area contributed by atoms with E-state index < -0.39 is 0 Å². The maximum atomic E-state index is 9.09. The Morgan fingerprint density at radius 3 is 2.54 bits per heavy atom. The van der Waals surface area contributed by atoms with Gasteiger partial charge in [-0.15, -0.1) is 0 Å². The number of hydrogen-bond donors (Lipinski definition) is 1. The summed E-state index contributed by atoms with van der Waals surface area (Å²) in [4.78, 5) is 2.15. The minimum atomic E-state index is -0.248. The Kier molecular flexibility index (Phi) is 6.56. The predicted octanol–water partition coefficient (Wildman–Crippen LogP) is 1.38. The fourth-order valence-corrected chi connectivity index (χ4v) is 1.29. The van der Waals surface area contributed by atoms with Gasteiger partial charge >= 0.3 is 0 Å². The molecule has 76 valence electrons. The van der Waals surface area contributed by atoms with Crippen molar-refractivity contribution < 1.29 is 5.11 Å². The Morgan fingerprint density at radius 2 is 2.15 bits per heavy atom. The van der Waals surface area contributed by atoms with E-state index in [4.69, 9.17) is 10.4 Å². The van der Waals surface area contributed by atoms with Gasteiger partial charge in [-0.3, -0.25) is 0 Å². The lowest BCUT2D eigenvalue weighted by Gasteiger charge is -2.25. The minimum absolute atomic E-state index is 0.248. The van der Waals surface area contributed by atoms with Crippen molar-refractivity contribution in [3.63, 3.8) is 0 Å². The van der Waals surface area contributed by atoms with Gasteiger partial charge in [-0.25, -0.2) is 0 Å². The quantitative estimate of drug-likeness (QED) is 0.678. The number of aliphatic hydroxyl groups is 1. The summed E-state index contributed by atoms with van der Waals surface area (Å²) in [7, 11) is 2.01. The van der Waals surface area contributed by atoms with Gasteiger partial charge in [-0.1, -0.05) is 6.92 Å². The Balaban J connectivity index is 3.78. The van der Waals surface area contributed by atoms with E-state index >= 15 is 0 Å². The van der Waals surface area contributed by atoms with Crippen LogP contribution in [0.25, 0.3) is 0 Å². The minimum Gasteiger partial charge on any atom is -0.393 e. The van der Waals surface area contributed by atoms with Crippen molar-refractivity contribution in [3.8, 4) is 6.07 Å². The third kappa shape index (κ3) is 5.62. The van der Waals surface area contributed by atoms with Crippen molar-refractivity contribution >= 4 is 0 Å². The molecule has 2 atom stereocenters. The van der Waals surface area contributed by atoms with E-state index in [0.717, 1.165) is 19.4 Å². The second-order valence-electron chi connectivity index (χ2n) is 3.54. The van der Waals surface area contributed by atoms with Gasteiger partial charge in [0.15, 0.2) is 0 Å². The predicted molar refractivity (Wildman–Crippen MR) is 53.2 cm³/mol. The molecule has 3 nitrogen and oxygen atoms in total. The molecule has 0 spiro atoms. The SMILES string of the molecule is CCC(CC#N)N(C)CCC(C)O. The van der Waals surface area contributed by atoms with E-state index in [1.165, 1.54) is 0 Å². The number of nitriles is 1.